The Hall–Kier alpha value is -1.46. The number of pyridine rings is 1. The van der Waals surface area contributed by atoms with E-state index in [1.54, 1.807) is 24.3 Å². The van der Waals surface area contributed by atoms with Crippen molar-refractivity contribution in [3.8, 4) is 0 Å². The van der Waals surface area contributed by atoms with Crippen LogP contribution < -0.4 is 5.73 Å². The second-order valence-corrected chi connectivity index (χ2v) is 3.63. The first-order valence-electron chi connectivity index (χ1n) is 5.66. The number of hydrogen-bond acceptors (Lipinski definition) is 4. The van der Waals surface area contributed by atoms with E-state index >= 15 is 0 Å². The summed E-state index contributed by atoms with van der Waals surface area (Å²) in [7, 11) is 1.62. The van der Waals surface area contributed by atoms with Crippen molar-refractivity contribution in [2.45, 2.75) is 13.5 Å². The van der Waals surface area contributed by atoms with Gasteiger partial charge < -0.3 is 15.4 Å². The first kappa shape index (κ1) is 13.6. The van der Waals surface area contributed by atoms with Crippen molar-refractivity contribution in [2.75, 3.05) is 26.8 Å². The number of carbonyl (C=O) groups is 1. The van der Waals surface area contributed by atoms with Crippen LogP contribution in [0.25, 0.3) is 0 Å². The molecular weight excluding hydrogens is 218 g/mol. The molecule has 1 rings (SSSR count). The molecule has 0 fully saturated rings. The minimum absolute atomic E-state index is 0.0758. The first-order chi connectivity index (χ1) is 8.22. The molecule has 0 saturated carbocycles. The smallest absolute Gasteiger partial charge is 0.272 e. The van der Waals surface area contributed by atoms with Crippen LogP contribution in [0, 0.1) is 0 Å². The summed E-state index contributed by atoms with van der Waals surface area (Å²) in [6.07, 6.45) is 1.64. The van der Waals surface area contributed by atoms with E-state index in [4.69, 9.17) is 10.5 Å². The van der Waals surface area contributed by atoms with E-state index in [2.05, 4.69) is 4.98 Å². The molecular formula is C12H19N3O2. The highest BCUT2D eigenvalue weighted by Crippen LogP contribution is 2.04. The summed E-state index contributed by atoms with van der Waals surface area (Å²) in [5.74, 6) is -0.0758. The van der Waals surface area contributed by atoms with Gasteiger partial charge in [-0.2, -0.15) is 0 Å². The SMILES string of the molecule is CCN(CCOC)C(=O)c1ccc(CN)cn1. The van der Waals surface area contributed by atoms with Gasteiger partial charge in [0, 0.05) is 32.9 Å². The number of methoxy groups -OCH3 is 1. The van der Waals surface area contributed by atoms with Crippen molar-refractivity contribution >= 4 is 5.91 Å². The molecule has 1 heterocycles. The molecule has 0 atom stereocenters. The van der Waals surface area contributed by atoms with Gasteiger partial charge in [0.15, 0.2) is 0 Å². The van der Waals surface area contributed by atoms with Crippen LogP contribution in [0.2, 0.25) is 0 Å². The minimum atomic E-state index is -0.0758. The van der Waals surface area contributed by atoms with E-state index in [0.717, 1.165) is 5.56 Å². The molecule has 0 aliphatic carbocycles. The van der Waals surface area contributed by atoms with Gasteiger partial charge in [-0.15, -0.1) is 0 Å². The molecule has 17 heavy (non-hydrogen) atoms. The number of aromatic nitrogens is 1. The number of nitrogens with two attached hydrogens (primary N) is 1. The predicted molar refractivity (Wildman–Crippen MR) is 65.6 cm³/mol. The Morgan fingerprint density at radius 3 is 2.76 bits per heavy atom. The molecule has 1 amide bonds. The third kappa shape index (κ3) is 3.80. The Morgan fingerprint density at radius 2 is 2.29 bits per heavy atom. The van der Waals surface area contributed by atoms with Gasteiger partial charge in [-0.25, -0.2) is 0 Å². The average Bonchev–Trinajstić information content (AvgIpc) is 2.39. The van der Waals surface area contributed by atoms with Gasteiger partial charge in [0.25, 0.3) is 5.91 Å². The highest BCUT2D eigenvalue weighted by atomic mass is 16.5. The maximum Gasteiger partial charge on any atom is 0.272 e. The molecule has 0 aromatic carbocycles. The summed E-state index contributed by atoms with van der Waals surface area (Å²) >= 11 is 0. The van der Waals surface area contributed by atoms with Gasteiger partial charge in [0.05, 0.1) is 6.61 Å². The Morgan fingerprint density at radius 1 is 1.53 bits per heavy atom. The summed E-state index contributed by atoms with van der Waals surface area (Å²) in [4.78, 5) is 17.9. The van der Waals surface area contributed by atoms with Crippen molar-refractivity contribution < 1.29 is 9.53 Å². The lowest BCUT2D eigenvalue weighted by molar-refractivity contribution is 0.0700. The number of carbonyl (C=O) groups excluding carboxylic acids is 1. The monoisotopic (exact) mass is 237 g/mol. The zero-order valence-electron chi connectivity index (χ0n) is 10.3. The van der Waals surface area contributed by atoms with Crippen LogP contribution in [0.15, 0.2) is 18.3 Å². The van der Waals surface area contributed by atoms with Crippen LogP contribution >= 0.6 is 0 Å². The van der Waals surface area contributed by atoms with E-state index in [1.807, 2.05) is 13.0 Å². The van der Waals surface area contributed by atoms with Crippen LogP contribution in [0.3, 0.4) is 0 Å². The fourth-order valence-corrected chi connectivity index (χ4v) is 1.44. The molecule has 1 aromatic heterocycles. The molecule has 5 heteroatoms. The van der Waals surface area contributed by atoms with Crippen LogP contribution in [-0.4, -0.2) is 42.6 Å². The van der Waals surface area contributed by atoms with Crippen LogP contribution in [0.5, 0.6) is 0 Å². The number of likely N-dealkylation sites (N-methyl/N-ethyl adjacent to an activating group) is 1. The lowest BCUT2D eigenvalue weighted by Crippen LogP contribution is -2.34. The molecule has 2 N–H and O–H groups in total. The van der Waals surface area contributed by atoms with Crippen LogP contribution in [0.4, 0.5) is 0 Å². The minimum Gasteiger partial charge on any atom is -0.383 e. The van der Waals surface area contributed by atoms with Gasteiger partial charge in [0.1, 0.15) is 5.69 Å². The maximum atomic E-state index is 12.1. The standard InChI is InChI=1S/C12H19N3O2/c1-3-15(6-7-17-2)12(16)11-5-4-10(8-13)9-14-11/h4-5,9H,3,6-8,13H2,1-2H3. The Bertz CT molecular complexity index is 351. The number of amides is 1. The van der Waals surface area contributed by atoms with Gasteiger partial charge >= 0.3 is 0 Å². The van der Waals surface area contributed by atoms with Crippen molar-refractivity contribution in [1.82, 2.24) is 9.88 Å². The predicted octanol–water partition coefficient (Wildman–Crippen LogP) is 0.649. The fourth-order valence-electron chi connectivity index (χ4n) is 1.44. The third-order valence-corrected chi connectivity index (χ3v) is 2.51. The molecule has 5 nitrogen and oxygen atoms in total. The van der Waals surface area contributed by atoms with Crippen LogP contribution in [-0.2, 0) is 11.3 Å². The second-order valence-electron chi connectivity index (χ2n) is 3.63. The quantitative estimate of drug-likeness (QED) is 0.788. The molecule has 1 aromatic rings. The van der Waals surface area contributed by atoms with Crippen molar-refractivity contribution in [3.05, 3.63) is 29.6 Å². The largest absolute Gasteiger partial charge is 0.383 e. The van der Waals surface area contributed by atoms with Crippen molar-refractivity contribution in [1.29, 1.82) is 0 Å². The molecule has 94 valence electrons. The lowest BCUT2D eigenvalue weighted by Gasteiger charge is -2.19. The lowest BCUT2D eigenvalue weighted by atomic mass is 10.2. The molecule has 0 aliphatic heterocycles. The summed E-state index contributed by atoms with van der Waals surface area (Å²) in [6.45, 7) is 4.11. The van der Waals surface area contributed by atoms with E-state index in [0.29, 0.717) is 31.9 Å². The topological polar surface area (TPSA) is 68.5 Å². The third-order valence-electron chi connectivity index (χ3n) is 2.51. The first-order valence-corrected chi connectivity index (χ1v) is 5.66. The fraction of sp³-hybridized carbons (Fsp3) is 0.500. The molecule has 0 bridgehead atoms. The Balaban J connectivity index is 2.71. The van der Waals surface area contributed by atoms with Gasteiger partial charge in [-0.05, 0) is 18.6 Å². The molecule has 0 aliphatic rings. The maximum absolute atomic E-state index is 12.1. The highest BCUT2D eigenvalue weighted by molar-refractivity contribution is 5.92. The molecule has 0 radical (unpaired) electrons. The number of rotatable bonds is 6. The highest BCUT2D eigenvalue weighted by Gasteiger charge is 2.14. The Kier molecular flexibility index (Phi) is 5.59. The van der Waals surface area contributed by atoms with Gasteiger partial charge in [-0.3, -0.25) is 9.78 Å². The number of hydrogen-bond donors (Lipinski definition) is 1. The van der Waals surface area contributed by atoms with Gasteiger partial charge in [0.2, 0.25) is 0 Å². The van der Waals surface area contributed by atoms with Gasteiger partial charge in [-0.1, -0.05) is 6.07 Å². The number of ether oxygens (including phenoxy) is 1. The van der Waals surface area contributed by atoms with Crippen molar-refractivity contribution in [3.63, 3.8) is 0 Å². The second kappa shape index (κ2) is 6.98. The molecule has 0 spiro atoms. The molecule has 0 unspecified atom stereocenters. The normalized spacial score (nSPS) is 10.3. The van der Waals surface area contributed by atoms with Crippen molar-refractivity contribution in [2.24, 2.45) is 5.73 Å². The van der Waals surface area contributed by atoms with E-state index in [1.165, 1.54) is 0 Å². The van der Waals surface area contributed by atoms with E-state index < -0.39 is 0 Å². The summed E-state index contributed by atoms with van der Waals surface area (Å²) in [5.41, 5.74) is 6.84. The van der Waals surface area contributed by atoms with Crippen LogP contribution in [0.1, 0.15) is 23.0 Å². The summed E-state index contributed by atoms with van der Waals surface area (Å²) in [5, 5.41) is 0. The summed E-state index contributed by atoms with van der Waals surface area (Å²) < 4.78 is 4.97. The number of nitrogens with zero attached hydrogens (tertiary/aromatic N) is 2. The Labute approximate surface area is 102 Å². The zero-order chi connectivity index (χ0) is 12.7. The molecule has 0 saturated heterocycles. The van der Waals surface area contributed by atoms with E-state index in [-0.39, 0.29) is 5.91 Å². The summed E-state index contributed by atoms with van der Waals surface area (Å²) in [6, 6.07) is 3.53. The average molecular weight is 237 g/mol. The van der Waals surface area contributed by atoms with E-state index in [9.17, 15) is 4.79 Å². The zero-order valence-corrected chi connectivity index (χ0v) is 10.3.